The van der Waals surface area contributed by atoms with E-state index in [1.165, 1.54) is 21.9 Å². The summed E-state index contributed by atoms with van der Waals surface area (Å²) in [5.41, 5.74) is 1.37. The number of aromatic nitrogens is 1. The summed E-state index contributed by atoms with van der Waals surface area (Å²) in [6.45, 7) is 4.62. The molecule has 3 rings (SSSR count). The Hall–Kier alpha value is -3.14. The number of aryl methyl sites for hydroxylation is 1. The molecule has 2 aromatic rings. The van der Waals surface area contributed by atoms with Crippen LogP contribution in [0.15, 0.2) is 53.6 Å². The number of carbonyl (C=O) groups excluding carboxylic acids is 2. The Morgan fingerprint density at radius 1 is 1.03 bits per heavy atom. The van der Waals surface area contributed by atoms with Gasteiger partial charge in [-0.1, -0.05) is 23.8 Å². The zero-order valence-corrected chi connectivity index (χ0v) is 18.4. The van der Waals surface area contributed by atoms with Crippen LogP contribution in [-0.2, 0) is 21.3 Å². The number of hydrogen-bond acceptors (Lipinski definition) is 6. The lowest BCUT2D eigenvalue weighted by molar-refractivity contribution is 0.0822. The molecule has 0 radical (unpaired) electrons. The van der Waals surface area contributed by atoms with Crippen LogP contribution >= 0.6 is 0 Å². The molecule has 1 saturated heterocycles. The Bertz CT molecular complexity index is 1000. The van der Waals surface area contributed by atoms with Gasteiger partial charge in [-0.05, 0) is 38.1 Å². The lowest BCUT2D eigenvalue weighted by atomic mass is 10.2. The Balaban J connectivity index is 1.84. The third kappa shape index (κ3) is 5.32. The number of carbonyl (C=O) groups is 2. The molecule has 1 aromatic heterocycles. The first kappa shape index (κ1) is 22.5. The highest BCUT2D eigenvalue weighted by Gasteiger charge is 2.35. The largest absolute Gasteiger partial charge is 0.450 e. The molecule has 0 N–H and O–H groups in total. The summed E-state index contributed by atoms with van der Waals surface area (Å²) in [4.78, 5) is 32.4. The third-order valence-electron chi connectivity index (χ3n) is 4.93. The third-order valence-corrected chi connectivity index (χ3v) is 6.66. The van der Waals surface area contributed by atoms with Gasteiger partial charge >= 0.3 is 12.1 Å². The van der Waals surface area contributed by atoms with E-state index in [2.05, 4.69) is 4.98 Å². The molecule has 31 heavy (non-hydrogen) atoms. The normalized spacial score (nSPS) is 14.3. The van der Waals surface area contributed by atoms with Crippen LogP contribution in [0, 0.1) is 6.92 Å². The van der Waals surface area contributed by atoms with Crippen molar-refractivity contribution in [3.8, 4) is 0 Å². The van der Waals surface area contributed by atoms with E-state index < -0.39 is 22.1 Å². The van der Waals surface area contributed by atoms with E-state index in [9.17, 15) is 18.0 Å². The summed E-state index contributed by atoms with van der Waals surface area (Å²) >= 11 is 0. The van der Waals surface area contributed by atoms with Crippen molar-refractivity contribution in [2.75, 3.05) is 32.8 Å². The van der Waals surface area contributed by atoms with Crippen LogP contribution < -0.4 is 0 Å². The van der Waals surface area contributed by atoms with Crippen molar-refractivity contribution in [2.24, 2.45) is 0 Å². The highest BCUT2D eigenvalue weighted by molar-refractivity contribution is 7.89. The number of sulfonamides is 1. The predicted molar refractivity (Wildman–Crippen MR) is 114 cm³/mol. The van der Waals surface area contributed by atoms with Crippen molar-refractivity contribution in [1.82, 2.24) is 19.1 Å². The summed E-state index contributed by atoms with van der Waals surface area (Å²) in [5, 5.41) is 0. The van der Waals surface area contributed by atoms with E-state index in [1.807, 2.05) is 6.92 Å². The molecule has 9 nitrogen and oxygen atoms in total. The second-order valence-corrected chi connectivity index (χ2v) is 8.96. The zero-order chi connectivity index (χ0) is 22.4. The first-order valence-electron chi connectivity index (χ1n) is 10.0. The van der Waals surface area contributed by atoms with Crippen LogP contribution in [0.5, 0.6) is 0 Å². The van der Waals surface area contributed by atoms with Gasteiger partial charge in [-0.2, -0.15) is 0 Å². The fourth-order valence-electron chi connectivity index (χ4n) is 3.18. The van der Waals surface area contributed by atoms with Crippen LogP contribution in [0.4, 0.5) is 9.59 Å². The van der Waals surface area contributed by atoms with E-state index >= 15 is 0 Å². The quantitative estimate of drug-likeness (QED) is 0.700. The number of pyridine rings is 1. The van der Waals surface area contributed by atoms with Crippen LogP contribution in [0.3, 0.4) is 0 Å². The number of hydrogen-bond donors (Lipinski definition) is 0. The number of nitrogens with zero attached hydrogens (tertiary/aromatic N) is 4. The van der Waals surface area contributed by atoms with E-state index in [-0.39, 0.29) is 44.2 Å². The van der Waals surface area contributed by atoms with Crippen molar-refractivity contribution in [3.05, 3.63) is 59.9 Å². The van der Waals surface area contributed by atoms with Crippen LogP contribution in [0.25, 0.3) is 0 Å². The van der Waals surface area contributed by atoms with Gasteiger partial charge in [0.15, 0.2) is 0 Å². The van der Waals surface area contributed by atoms with Gasteiger partial charge in [-0.25, -0.2) is 22.3 Å². The molecule has 2 heterocycles. The summed E-state index contributed by atoms with van der Waals surface area (Å²) in [6, 6.07) is 10.8. The van der Waals surface area contributed by atoms with Gasteiger partial charge in [0.05, 0.1) is 23.7 Å². The molecule has 0 spiro atoms. The van der Waals surface area contributed by atoms with Crippen LogP contribution in [0.1, 0.15) is 18.2 Å². The van der Waals surface area contributed by atoms with Gasteiger partial charge in [-0.15, -0.1) is 0 Å². The van der Waals surface area contributed by atoms with Gasteiger partial charge in [0.25, 0.3) is 10.0 Å². The lowest BCUT2D eigenvalue weighted by Gasteiger charge is -2.36. The fraction of sp³-hybridized carbons (Fsp3) is 0.381. The van der Waals surface area contributed by atoms with Crippen molar-refractivity contribution in [2.45, 2.75) is 25.3 Å². The summed E-state index contributed by atoms with van der Waals surface area (Å²) in [5.74, 6) is 0. The Morgan fingerprint density at radius 2 is 1.68 bits per heavy atom. The Morgan fingerprint density at radius 3 is 2.26 bits per heavy atom. The number of urea groups is 1. The minimum Gasteiger partial charge on any atom is -0.450 e. The summed E-state index contributed by atoms with van der Waals surface area (Å²) < 4.78 is 32.6. The van der Waals surface area contributed by atoms with Crippen molar-refractivity contribution in [3.63, 3.8) is 0 Å². The molecule has 1 aromatic carbocycles. The number of rotatable bonds is 5. The number of ether oxygens (including phenoxy) is 1. The molecule has 1 aliphatic rings. The molecular formula is C21H26N4O5S. The van der Waals surface area contributed by atoms with Gasteiger partial charge in [0.1, 0.15) is 0 Å². The van der Waals surface area contributed by atoms with Gasteiger partial charge in [0.2, 0.25) is 0 Å². The molecule has 3 amide bonds. The molecule has 1 aliphatic heterocycles. The maximum Gasteiger partial charge on any atom is 0.409 e. The smallest absolute Gasteiger partial charge is 0.409 e. The van der Waals surface area contributed by atoms with Crippen molar-refractivity contribution in [1.29, 1.82) is 0 Å². The highest BCUT2D eigenvalue weighted by Crippen LogP contribution is 2.21. The Labute approximate surface area is 182 Å². The molecule has 166 valence electrons. The second-order valence-electron chi connectivity index (χ2n) is 7.10. The minimum absolute atomic E-state index is 0.0348. The van der Waals surface area contributed by atoms with E-state index in [1.54, 1.807) is 43.5 Å². The Kier molecular flexibility index (Phi) is 7.11. The molecule has 0 saturated carbocycles. The maximum absolute atomic E-state index is 13.4. The second kappa shape index (κ2) is 9.78. The molecule has 1 fully saturated rings. The van der Waals surface area contributed by atoms with Crippen LogP contribution in [-0.4, -0.2) is 72.4 Å². The van der Waals surface area contributed by atoms with Gasteiger partial charge in [0, 0.05) is 32.4 Å². The van der Waals surface area contributed by atoms with Gasteiger partial charge < -0.3 is 14.5 Å². The molecule has 0 bridgehead atoms. The average molecular weight is 447 g/mol. The van der Waals surface area contributed by atoms with Crippen LogP contribution in [0.2, 0.25) is 0 Å². The zero-order valence-electron chi connectivity index (χ0n) is 17.6. The average Bonchev–Trinajstić information content (AvgIpc) is 2.78. The van der Waals surface area contributed by atoms with Crippen molar-refractivity contribution >= 4 is 22.1 Å². The SMILES string of the molecule is CCOC(=O)N1CCN(C(=O)N(Cc2ccccn2)S(=O)(=O)c2ccc(C)cc2)CC1. The first-order valence-corrected chi connectivity index (χ1v) is 11.5. The summed E-state index contributed by atoms with van der Waals surface area (Å²) in [6.07, 6.45) is 1.11. The van der Waals surface area contributed by atoms with Gasteiger partial charge in [-0.3, -0.25) is 4.98 Å². The number of benzene rings is 1. The molecule has 0 atom stereocenters. The maximum atomic E-state index is 13.4. The van der Waals surface area contributed by atoms with Crippen molar-refractivity contribution < 1.29 is 22.7 Å². The van der Waals surface area contributed by atoms with E-state index in [0.29, 0.717) is 5.69 Å². The number of amides is 3. The minimum atomic E-state index is -4.11. The standard InChI is InChI=1S/C21H26N4O5S/c1-3-30-21(27)24-14-12-23(13-15-24)20(26)25(16-18-6-4-5-11-22-18)31(28,29)19-9-7-17(2)8-10-19/h4-11H,3,12-16H2,1-2H3. The molecule has 0 unspecified atom stereocenters. The van der Waals surface area contributed by atoms with E-state index in [0.717, 1.165) is 9.87 Å². The summed E-state index contributed by atoms with van der Waals surface area (Å²) in [7, 11) is -4.11. The lowest BCUT2D eigenvalue weighted by Crippen LogP contribution is -2.55. The fourth-order valence-corrected chi connectivity index (χ4v) is 4.54. The topological polar surface area (TPSA) is 100 Å². The van der Waals surface area contributed by atoms with E-state index in [4.69, 9.17) is 4.74 Å². The molecular weight excluding hydrogens is 420 g/mol. The molecule has 10 heteroatoms. The first-order chi connectivity index (χ1) is 14.8. The molecule has 0 aliphatic carbocycles. The predicted octanol–water partition coefficient (Wildman–Crippen LogP) is 2.48. The monoisotopic (exact) mass is 446 g/mol. The highest BCUT2D eigenvalue weighted by atomic mass is 32.2. The number of piperazine rings is 1.